The first-order valence-corrected chi connectivity index (χ1v) is 11.6. The Morgan fingerprint density at radius 1 is 1.03 bits per heavy atom. The van der Waals surface area contributed by atoms with Crippen molar-refractivity contribution in [2.24, 2.45) is 0 Å². The molecule has 2 aliphatic rings. The van der Waals surface area contributed by atoms with Crippen molar-refractivity contribution in [3.05, 3.63) is 48.0 Å². The molecule has 2 aromatic carbocycles. The summed E-state index contributed by atoms with van der Waals surface area (Å²) < 4.78 is 40.0. The van der Waals surface area contributed by atoms with Gasteiger partial charge < -0.3 is 10.2 Å². The number of alkyl halides is 4. The number of hydrogen-bond acceptors (Lipinski definition) is 4. The van der Waals surface area contributed by atoms with Crippen LogP contribution in [-0.4, -0.2) is 49.5 Å². The predicted octanol–water partition coefficient (Wildman–Crippen LogP) is 5.60. The molecule has 0 aliphatic carbocycles. The lowest BCUT2D eigenvalue weighted by Crippen LogP contribution is -2.49. The number of fused-ring (bicyclic) bond motifs is 2. The fourth-order valence-corrected chi connectivity index (χ4v) is 5.56. The molecule has 2 aromatic rings. The van der Waals surface area contributed by atoms with Gasteiger partial charge in [-0.3, -0.25) is 4.90 Å². The molecule has 0 saturated carbocycles. The summed E-state index contributed by atoms with van der Waals surface area (Å²) in [5.74, 6) is 0.571. The van der Waals surface area contributed by atoms with Crippen LogP contribution in [-0.2, 0) is 6.18 Å². The van der Waals surface area contributed by atoms with Gasteiger partial charge in [-0.2, -0.15) is 13.2 Å². The molecule has 30 heavy (non-hydrogen) atoms. The van der Waals surface area contributed by atoms with Gasteiger partial charge in [0.15, 0.2) is 0 Å². The van der Waals surface area contributed by atoms with E-state index in [9.17, 15) is 13.2 Å². The van der Waals surface area contributed by atoms with Gasteiger partial charge in [-0.1, -0.05) is 23.9 Å². The van der Waals surface area contributed by atoms with Gasteiger partial charge in [-0.05, 0) is 43.2 Å². The molecular weight excluding hydrogens is 431 g/mol. The topological polar surface area (TPSA) is 18.5 Å². The fraction of sp³-hybridized carbons (Fsp3) is 0.455. The van der Waals surface area contributed by atoms with Crippen LogP contribution >= 0.6 is 23.4 Å². The van der Waals surface area contributed by atoms with Crippen molar-refractivity contribution in [2.45, 2.75) is 34.9 Å². The van der Waals surface area contributed by atoms with E-state index in [1.54, 1.807) is 6.07 Å². The Morgan fingerprint density at radius 2 is 1.77 bits per heavy atom. The van der Waals surface area contributed by atoms with Crippen LogP contribution in [0.3, 0.4) is 0 Å². The molecule has 1 unspecified atom stereocenters. The van der Waals surface area contributed by atoms with Crippen molar-refractivity contribution in [1.82, 2.24) is 10.2 Å². The third-order valence-corrected chi connectivity index (χ3v) is 7.20. The summed E-state index contributed by atoms with van der Waals surface area (Å²) in [4.78, 5) is 6.39. The average molecular weight is 456 g/mol. The highest BCUT2D eigenvalue weighted by atomic mass is 35.5. The maximum atomic E-state index is 13.3. The SMILES string of the molecule is FC(F)(F)c1ccc2c(c1)N(CCCC(CCl)N1CCNCC1)c1ccccc1S2. The van der Waals surface area contributed by atoms with Crippen molar-refractivity contribution < 1.29 is 13.2 Å². The Kier molecular flexibility index (Phi) is 6.82. The van der Waals surface area contributed by atoms with E-state index in [-0.39, 0.29) is 0 Å². The zero-order valence-electron chi connectivity index (χ0n) is 16.6. The smallest absolute Gasteiger partial charge is 0.340 e. The molecule has 0 amide bonds. The van der Waals surface area contributed by atoms with E-state index >= 15 is 0 Å². The summed E-state index contributed by atoms with van der Waals surface area (Å²) in [5, 5.41) is 3.35. The highest BCUT2D eigenvalue weighted by Crippen LogP contribution is 2.49. The summed E-state index contributed by atoms with van der Waals surface area (Å²) in [5.41, 5.74) is 1.00. The number of benzene rings is 2. The molecule has 0 radical (unpaired) electrons. The zero-order valence-corrected chi connectivity index (χ0v) is 18.2. The summed E-state index contributed by atoms with van der Waals surface area (Å²) in [6.45, 7) is 4.57. The van der Waals surface area contributed by atoms with Crippen LogP contribution in [0.15, 0.2) is 52.3 Å². The van der Waals surface area contributed by atoms with E-state index in [0.29, 0.717) is 24.2 Å². The molecule has 8 heteroatoms. The lowest BCUT2D eigenvalue weighted by atomic mass is 10.1. The minimum Gasteiger partial charge on any atom is -0.340 e. The standard InChI is InChI=1S/C22H25ClF3N3S/c23-15-17(28-12-9-27-10-13-28)4-3-11-29-18-5-1-2-6-20(18)30-21-8-7-16(14-19(21)29)22(24,25)26/h1-2,5-8,14,17,27H,3-4,9-13,15H2. The van der Waals surface area contributed by atoms with E-state index in [4.69, 9.17) is 11.6 Å². The highest BCUT2D eigenvalue weighted by molar-refractivity contribution is 7.99. The first-order chi connectivity index (χ1) is 14.5. The second kappa shape index (κ2) is 9.39. The summed E-state index contributed by atoms with van der Waals surface area (Å²) >= 11 is 7.78. The third kappa shape index (κ3) is 4.74. The molecule has 0 aromatic heterocycles. The Morgan fingerprint density at radius 3 is 2.50 bits per heavy atom. The Labute approximate surface area is 184 Å². The van der Waals surface area contributed by atoms with E-state index in [2.05, 4.69) is 10.2 Å². The molecule has 162 valence electrons. The van der Waals surface area contributed by atoms with Gasteiger partial charge >= 0.3 is 6.18 Å². The lowest BCUT2D eigenvalue weighted by molar-refractivity contribution is -0.137. The van der Waals surface area contributed by atoms with Gasteiger partial charge in [0, 0.05) is 54.4 Å². The van der Waals surface area contributed by atoms with Crippen LogP contribution in [0.2, 0.25) is 0 Å². The molecular formula is C22H25ClF3N3S. The monoisotopic (exact) mass is 455 g/mol. The maximum Gasteiger partial charge on any atom is 0.416 e. The zero-order chi connectivity index (χ0) is 21.1. The highest BCUT2D eigenvalue weighted by Gasteiger charge is 2.33. The van der Waals surface area contributed by atoms with Crippen LogP contribution in [0, 0.1) is 0 Å². The van der Waals surface area contributed by atoms with E-state index < -0.39 is 11.7 Å². The number of nitrogens with zero attached hydrogens (tertiary/aromatic N) is 2. The Balaban J connectivity index is 1.54. The lowest BCUT2D eigenvalue weighted by Gasteiger charge is -2.36. The molecule has 1 saturated heterocycles. The number of piperazine rings is 1. The first-order valence-electron chi connectivity index (χ1n) is 10.2. The minimum atomic E-state index is -4.35. The first kappa shape index (κ1) is 21.8. The maximum absolute atomic E-state index is 13.3. The number of halogens is 4. The number of hydrogen-bond donors (Lipinski definition) is 1. The Hall–Kier alpha value is -1.41. The molecule has 3 nitrogen and oxygen atoms in total. The van der Waals surface area contributed by atoms with Crippen LogP contribution < -0.4 is 10.2 Å². The van der Waals surface area contributed by atoms with Crippen LogP contribution in [0.25, 0.3) is 0 Å². The van der Waals surface area contributed by atoms with E-state index in [1.807, 2.05) is 29.2 Å². The van der Waals surface area contributed by atoms with E-state index in [1.165, 1.54) is 23.9 Å². The van der Waals surface area contributed by atoms with Crippen molar-refractivity contribution in [2.75, 3.05) is 43.5 Å². The molecule has 1 fully saturated rings. The third-order valence-electron chi connectivity index (χ3n) is 5.72. The van der Waals surface area contributed by atoms with Gasteiger partial charge in [0.25, 0.3) is 0 Å². The summed E-state index contributed by atoms with van der Waals surface area (Å²) in [6, 6.07) is 12.3. The van der Waals surface area contributed by atoms with Crippen molar-refractivity contribution in [3.63, 3.8) is 0 Å². The summed E-state index contributed by atoms with van der Waals surface area (Å²) in [6.07, 6.45) is -2.58. The van der Waals surface area contributed by atoms with Crippen molar-refractivity contribution in [1.29, 1.82) is 0 Å². The molecule has 0 bridgehead atoms. The van der Waals surface area contributed by atoms with Crippen LogP contribution in [0.4, 0.5) is 24.5 Å². The molecule has 0 spiro atoms. The molecule has 2 heterocycles. The largest absolute Gasteiger partial charge is 0.416 e. The minimum absolute atomic E-state index is 0.296. The van der Waals surface area contributed by atoms with Crippen LogP contribution in [0.1, 0.15) is 18.4 Å². The number of rotatable bonds is 6. The summed E-state index contributed by atoms with van der Waals surface area (Å²) in [7, 11) is 0. The predicted molar refractivity (Wildman–Crippen MR) is 117 cm³/mol. The molecule has 2 aliphatic heterocycles. The molecule has 1 N–H and O–H groups in total. The Bertz CT molecular complexity index is 871. The number of nitrogens with one attached hydrogen (secondary N) is 1. The van der Waals surface area contributed by atoms with Crippen molar-refractivity contribution >= 4 is 34.7 Å². The molecule has 1 atom stereocenters. The van der Waals surface area contributed by atoms with Gasteiger partial charge in [0.05, 0.1) is 16.9 Å². The molecule has 4 rings (SSSR count). The fourth-order valence-electron chi connectivity index (χ4n) is 4.14. The van der Waals surface area contributed by atoms with Crippen molar-refractivity contribution in [3.8, 4) is 0 Å². The second-order valence-corrected chi connectivity index (χ2v) is 9.03. The van der Waals surface area contributed by atoms with E-state index in [0.717, 1.165) is 54.5 Å². The van der Waals surface area contributed by atoms with Gasteiger partial charge in [0.2, 0.25) is 0 Å². The average Bonchev–Trinajstić information content (AvgIpc) is 2.75. The number of para-hydroxylation sites is 1. The quantitative estimate of drug-likeness (QED) is 0.571. The number of anilines is 2. The van der Waals surface area contributed by atoms with Gasteiger partial charge in [0.1, 0.15) is 0 Å². The van der Waals surface area contributed by atoms with Gasteiger partial charge in [-0.15, -0.1) is 11.6 Å². The second-order valence-electron chi connectivity index (χ2n) is 7.64. The normalized spacial score (nSPS) is 18.1. The van der Waals surface area contributed by atoms with Gasteiger partial charge in [-0.25, -0.2) is 0 Å². The van der Waals surface area contributed by atoms with Crippen LogP contribution in [0.5, 0.6) is 0 Å².